The van der Waals surface area contributed by atoms with Gasteiger partial charge in [0.1, 0.15) is 0 Å². The average Bonchev–Trinajstić information content (AvgIpc) is 2.58. The normalized spacial score (nSPS) is 28.0. The maximum Gasteiger partial charge on any atom is 0.416 e. The third-order valence-corrected chi connectivity index (χ3v) is 5.24. The molecule has 0 saturated carbocycles. The minimum absolute atomic E-state index is 0.0301. The Morgan fingerprint density at radius 1 is 1.12 bits per heavy atom. The topological polar surface area (TPSA) is 17.1 Å². The summed E-state index contributed by atoms with van der Waals surface area (Å²) in [5.41, 5.74) is 1.29. The second-order valence-electron chi connectivity index (χ2n) is 8.03. The first-order chi connectivity index (χ1) is 12.0. The van der Waals surface area contributed by atoms with Gasteiger partial charge in [0.15, 0.2) is 5.78 Å². The summed E-state index contributed by atoms with van der Waals surface area (Å²) in [6.07, 6.45) is 3.90. The van der Waals surface area contributed by atoms with Crippen molar-refractivity contribution in [2.24, 2.45) is 11.3 Å². The number of hydrogen-bond acceptors (Lipinski definition) is 1. The minimum Gasteiger partial charge on any atom is -0.295 e. The Morgan fingerprint density at radius 3 is 2.31 bits per heavy atom. The SMILES string of the molecule is C/C1=C\CC(C)(C)/C=C/C(=O)[C@H](C)C(c2ccc(C(F)(F)F)cc2)CC1. The monoisotopic (exact) mass is 364 g/mol. The number of halogens is 3. The van der Waals surface area contributed by atoms with Crippen LogP contribution < -0.4 is 0 Å². The Balaban J connectivity index is 2.34. The van der Waals surface area contributed by atoms with Crippen molar-refractivity contribution in [2.75, 3.05) is 0 Å². The number of benzene rings is 1. The van der Waals surface area contributed by atoms with Crippen molar-refractivity contribution in [3.8, 4) is 0 Å². The van der Waals surface area contributed by atoms with Gasteiger partial charge in [0.25, 0.3) is 0 Å². The molecule has 4 heteroatoms. The number of ketones is 1. The minimum atomic E-state index is -4.35. The lowest BCUT2D eigenvalue weighted by Gasteiger charge is -2.23. The molecule has 1 aliphatic carbocycles. The maximum atomic E-state index is 12.8. The van der Waals surface area contributed by atoms with Gasteiger partial charge in [0, 0.05) is 5.92 Å². The lowest BCUT2D eigenvalue weighted by molar-refractivity contribution is -0.137. The van der Waals surface area contributed by atoms with Crippen LogP contribution in [-0.2, 0) is 11.0 Å². The molecule has 0 N–H and O–H groups in total. The fraction of sp³-hybridized carbons (Fsp3) is 0.500. The van der Waals surface area contributed by atoms with Crippen LogP contribution in [0.3, 0.4) is 0 Å². The summed E-state index contributed by atoms with van der Waals surface area (Å²) in [6, 6.07) is 5.26. The molecule has 0 fully saturated rings. The van der Waals surface area contributed by atoms with E-state index in [1.807, 2.05) is 13.0 Å². The van der Waals surface area contributed by atoms with Gasteiger partial charge >= 0.3 is 6.18 Å². The molecule has 2 atom stereocenters. The summed E-state index contributed by atoms with van der Waals surface area (Å²) in [6.45, 7) is 8.14. The molecule has 0 aliphatic heterocycles. The number of allylic oxidation sites excluding steroid dienone is 4. The number of rotatable bonds is 1. The molecule has 1 nitrogen and oxygen atoms in total. The molecule has 0 aromatic heterocycles. The molecule has 142 valence electrons. The highest BCUT2D eigenvalue weighted by atomic mass is 19.4. The van der Waals surface area contributed by atoms with E-state index in [1.165, 1.54) is 17.7 Å². The summed E-state index contributed by atoms with van der Waals surface area (Å²) in [4.78, 5) is 12.6. The van der Waals surface area contributed by atoms with Gasteiger partial charge < -0.3 is 0 Å². The van der Waals surface area contributed by atoms with Gasteiger partial charge in [-0.3, -0.25) is 4.79 Å². The zero-order valence-corrected chi connectivity index (χ0v) is 15.9. The Morgan fingerprint density at radius 2 is 1.73 bits per heavy atom. The van der Waals surface area contributed by atoms with Gasteiger partial charge in [-0.15, -0.1) is 0 Å². The van der Waals surface area contributed by atoms with E-state index in [4.69, 9.17) is 0 Å². The predicted octanol–water partition coefficient (Wildman–Crippen LogP) is 6.71. The summed E-state index contributed by atoms with van der Waals surface area (Å²) < 4.78 is 38.4. The average molecular weight is 364 g/mol. The zero-order valence-electron chi connectivity index (χ0n) is 15.9. The molecule has 0 saturated heterocycles. The van der Waals surface area contributed by atoms with E-state index in [2.05, 4.69) is 26.8 Å². The predicted molar refractivity (Wildman–Crippen MR) is 98.9 cm³/mol. The molecule has 1 aromatic carbocycles. The molecular weight excluding hydrogens is 337 g/mol. The molecule has 2 rings (SSSR count). The van der Waals surface area contributed by atoms with Crippen LogP contribution in [0.1, 0.15) is 64.0 Å². The van der Waals surface area contributed by atoms with Crippen molar-refractivity contribution >= 4 is 5.78 Å². The van der Waals surface area contributed by atoms with Gasteiger partial charge in [-0.25, -0.2) is 0 Å². The first-order valence-electron chi connectivity index (χ1n) is 9.05. The van der Waals surface area contributed by atoms with Gasteiger partial charge in [0.05, 0.1) is 5.56 Å². The quantitative estimate of drug-likeness (QED) is 0.506. The highest BCUT2D eigenvalue weighted by Crippen LogP contribution is 2.36. The smallest absolute Gasteiger partial charge is 0.295 e. The van der Waals surface area contributed by atoms with E-state index in [0.29, 0.717) is 0 Å². The lowest BCUT2D eigenvalue weighted by Crippen LogP contribution is -2.19. The van der Waals surface area contributed by atoms with Crippen LogP contribution >= 0.6 is 0 Å². The van der Waals surface area contributed by atoms with Crippen molar-refractivity contribution < 1.29 is 18.0 Å². The standard InChI is InChI=1S/C22H27F3O/c1-15-5-10-19(17-6-8-18(9-7-17)22(23,24)25)16(2)20(26)12-14-21(3,4)13-11-15/h6-9,11-12,14,16,19H,5,10,13H2,1-4H3/b14-12+,15-11+/t16-,19?/m1/s1. The van der Waals surface area contributed by atoms with Crippen LogP contribution in [0, 0.1) is 11.3 Å². The molecule has 0 radical (unpaired) electrons. The second-order valence-corrected chi connectivity index (χ2v) is 8.03. The second kappa shape index (κ2) is 7.81. The fourth-order valence-electron chi connectivity index (χ4n) is 3.27. The third-order valence-electron chi connectivity index (χ3n) is 5.24. The molecule has 0 bridgehead atoms. The van der Waals surface area contributed by atoms with E-state index >= 15 is 0 Å². The summed E-state index contributed by atoms with van der Waals surface area (Å²) in [5, 5.41) is 0. The van der Waals surface area contributed by atoms with E-state index in [0.717, 1.165) is 37.0 Å². The Labute approximate surface area is 154 Å². The van der Waals surface area contributed by atoms with Crippen LogP contribution in [0.4, 0.5) is 13.2 Å². The van der Waals surface area contributed by atoms with Crippen molar-refractivity contribution in [1.29, 1.82) is 0 Å². The van der Waals surface area contributed by atoms with E-state index in [1.54, 1.807) is 6.08 Å². The van der Waals surface area contributed by atoms with Crippen LogP contribution in [-0.4, -0.2) is 5.78 Å². The Hall–Kier alpha value is -1.84. The first kappa shape index (κ1) is 20.5. The van der Waals surface area contributed by atoms with Crippen molar-refractivity contribution in [3.05, 3.63) is 59.2 Å². The Bertz CT molecular complexity index is 693. The summed E-state index contributed by atoms with van der Waals surface area (Å²) in [5.74, 6) is -0.341. The lowest BCUT2D eigenvalue weighted by atomic mass is 9.80. The molecule has 1 unspecified atom stereocenters. The van der Waals surface area contributed by atoms with Crippen LogP contribution in [0.5, 0.6) is 0 Å². The molecule has 0 spiro atoms. The first-order valence-corrected chi connectivity index (χ1v) is 9.05. The van der Waals surface area contributed by atoms with Crippen molar-refractivity contribution in [1.82, 2.24) is 0 Å². The summed E-state index contributed by atoms with van der Waals surface area (Å²) in [7, 11) is 0. The van der Waals surface area contributed by atoms with Crippen LogP contribution in [0.15, 0.2) is 48.1 Å². The summed E-state index contributed by atoms with van der Waals surface area (Å²) >= 11 is 0. The van der Waals surface area contributed by atoms with Crippen LogP contribution in [0.2, 0.25) is 0 Å². The number of carbonyl (C=O) groups is 1. The van der Waals surface area contributed by atoms with Gasteiger partial charge in [-0.1, -0.05) is 50.6 Å². The van der Waals surface area contributed by atoms with E-state index in [9.17, 15) is 18.0 Å². The third kappa shape index (κ3) is 5.33. The Kier molecular flexibility index (Phi) is 6.15. The van der Waals surface area contributed by atoms with Gasteiger partial charge in [-0.05, 0) is 61.3 Å². The highest BCUT2D eigenvalue weighted by molar-refractivity contribution is 5.92. The molecule has 26 heavy (non-hydrogen) atoms. The largest absolute Gasteiger partial charge is 0.416 e. The van der Waals surface area contributed by atoms with E-state index < -0.39 is 11.7 Å². The number of alkyl halides is 3. The molecule has 0 amide bonds. The van der Waals surface area contributed by atoms with E-state index in [-0.39, 0.29) is 23.0 Å². The number of carbonyl (C=O) groups excluding carboxylic acids is 1. The van der Waals surface area contributed by atoms with Gasteiger partial charge in [0.2, 0.25) is 0 Å². The fourth-order valence-corrected chi connectivity index (χ4v) is 3.27. The van der Waals surface area contributed by atoms with Crippen LogP contribution in [0.25, 0.3) is 0 Å². The van der Waals surface area contributed by atoms with Crippen molar-refractivity contribution in [2.45, 2.75) is 59.1 Å². The molecule has 1 aliphatic rings. The molecule has 0 heterocycles. The number of hydrogen-bond donors (Lipinski definition) is 0. The highest BCUT2D eigenvalue weighted by Gasteiger charge is 2.31. The molecule has 1 aromatic rings. The maximum absolute atomic E-state index is 12.8. The van der Waals surface area contributed by atoms with Gasteiger partial charge in [-0.2, -0.15) is 13.2 Å². The molecular formula is C22H27F3O. The zero-order chi connectivity index (χ0) is 19.5. The van der Waals surface area contributed by atoms with Crippen molar-refractivity contribution in [3.63, 3.8) is 0 Å².